The molecule has 0 unspecified atom stereocenters. The van der Waals surface area contributed by atoms with Crippen LogP contribution in [0.15, 0.2) is 48.5 Å². The summed E-state index contributed by atoms with van der Waals surface area (Å²) < 4.78 is 0. The quantitative estimate of drug-likeness (QED) is 0.0381. The lowest BCUT2D eigenvalue weighted by molar-refractivity contribution is -0.130. The Bertz CT molecular complexity index is 1050. The third kappa shape index (κ3) is 9.83. The molecule has 0 aliphatic heterocycles. The summed E-state index contributed by atoms with van der Waals surface area (Å²) in [4.78, 5) is 23.7. The molecule has 0 saturated carbocycles. The zero-order chi connectivity index (χ0) is 25.6. The maximum Gasteiger partial charge on any atom is 0.267 e. The van der Waals surface area contributed by atoms with Crippen molar-refractivity contribution < 1.29 is 14.8 Å². The largest absolute Gasteiger partial charge is 0.370 e. The average Bonchev–Trinajstić information content (AvgIpc) is 2.87. The van der Waals surface area contributed by atoms with E-state index in [2.05, 4.69) is 27.8 Å². The SMILES string of the molecule is N=C(N)NCCC[C@H](N)NCc1ccc(C#Cc2ccc(C(=O)N[C@@H](CN)C(=O)NO)cc2)cc1. The first kappa shape index (κ1) is 27.3. The summed E-state index contributed by atoms with van der Waals surface area (Å²) in [5.74, 6) is 4.82. The monoisotopic (exact) mass is 480 g/mol. The van der Waals surface area contributed by atoms with Crippen molar-refractivity contribution in [2.45, 2.75) is 31.6 Å². The smallest absolute Gasteiger partial charge is 0.267 e. The minimum absolute atomic E-state index is 0.0397. The van der Waals surface area contributed by atoms with Crippen molar-refractivity contribution in [1.29, 1.82) is 5.41 Å². The molecule has 0 heterocycles. The minimum Gasteiger partial charge on any atom is -0.370 e. The third-order valence-corrected chi connectivity index (χ3v) is 5.00. The van der Waals surface area contributed by atoms with Gasteiger partial charge in [0.1, 0.15) is 6.04 Å². The third-order valence-electron chi connectivity index (χ3n) is 5.00. The fraction of sp³-hybridized carbons (Fsp3) is 0.292. The Hall–Kier alpha value is -3.95. The number of hydrogen-bond acceptors (Lipinski definition) is 7. The molecule has 11 heteroatoms. The van der Waals surface area contributed by atoms with Crippen LogP contribution in [-0.4, -0.2) is 48.3 Å². The van der Waals surface area contributed by atoms with Crippen molar-refractivity contribution in [3.8, 4) is 11.8 Å². The van der Waals surface area contributed by atoms with E-state index in [4.69, 9.17) is 27.8 Å². The first-order chi connectivity index (χ1) is 16.8. The van der Waals surface area contributed by atoms with Crippen molar-refractivity contribution in [1.82, 2.24) is 21.4 Å². The molecule has 0 aliphatic carbocycles. The summed E-state index contributed by atoms with van der Waals surface area (Å²) >= 11 is 0. The zero-order valence-electron chi connectivity index (χ0n) is 19.3. The Labute approximate surface area is 204 Å². The van der Waals surface area contributed by atoms with Gasteiger partial charge in [-0.15, -0.1) is 0 Å². The summed E-state index contributed by atoms with van der Waals surface area (Å²) in [6.07, 6.45) is 1.42. The van der Waals surface area contributed by atoms with Crippen molar-refractivity contribution in [3.63, 3.8) is 0 Å². The Morgan fingerprint density at radius 1 is 1.03 bits per heavy atom. The van der Waals surface area contributed by atoms with Gasteiger partial charge in [0.15, 0.2) is 5.96 Å². The highest BCUT2D eigenvalue weighted by Gasteiger charge is 2.19. The Kier molecular flexibility index (Phi) is 11.2. The van der Waals surface area contributed by atoms with Gasteiger partial charge in [0, 0.05) is 36.3 Å². The molecule has 2 amide bonds. The number of nitrogens with two attached hydrogens (primary N) is 3. The summed E-state index contributed by atoms with van der Waals surface area (Å²) in [5, 5.41) is 24.3. The second-order valence-corrected chi connectivity index (χ2v) is 7.73. The van der Waals surface area contributed by atoms with Crippen LogP contribution in [-0.2, 0) is 11.3 Å². The Balaban J connectivity index is 1.85. The second kappa shape index (κ2) is 14.3. The van der Waals surface area contributed by atoms with E-state index in [1.54, 1.807) is 24.3 Å². The van der Waals surface area contributed by atoms with Crippen LogP contribution in [0.25, 0.3) is 0 Å². The maximum atomic E-state index is 12.3. The molecule has 0 aromatic heterocycles. The molecule has 0 spiro atoms. The molecular formula is C24H32N8O3. The molecular weight excluding hydrogens is 448 g/mol. The number of guanidine groups is 1. The van der Waals surface area contributed by atoms with E-state index >= 15 is 0 Å². The van der Waals surface area contributed by atoms with Crippen LogP contribution in [0.1, 0.15) is 39.9 Å². The Morgan fingerprint density at radius 2 is 1.63 bits per heavy atom. The van der Waals surface area contributed by atoms with Crippen molar-refractivity contribution in [2.75, 3.05) is 13.1 Å². The molecule has 2 aromatic carbocycles. The molecule has 2 atom stereocenters. The van der Waals surface area contributed by atoms with Gasteiger partial charge in [-0.25, -0.2) is 5.48 Å². The van der Waals surface area contributed by atoms with Gasteiger partial charge in [-0.05, 0) is 54.8 Å². The van der Waals surface area contributed by atoms with Gasteiger partial charge in [0.25, 0.3) is 11.8 Å². The summed E-state index contributed by atoms with van der Waals surface area (Å²) in [5.41, 5.74) is 21.2. The van der Waals surface area contributed by atoms with Gasteiger partial charge in [0.2, 0.25) is 0 Å². The fourth-order valence-electron chi connectivity index (χ4n) is 3.00. The predicted molar refractivity (Wildman–Crippen MR) is 133 cm³/mol. The number of carbonyl (C=O) groups excluding carboxylic acids is 2. The van der Waals surface area contributed by atoms with Gasteiger partial charge < -0.3 is 27.8 Å². The molecule has 35 heavy (non-hydrogen) atoms. The van der Waals surface area contributed by atoms with Crippen LogP contribution >= 0.6 is 0 Å². The lowest BCUT2D eigenvalue weighted by Crippen LogP contribution is -2.50. The van der Waals surface area contributed by atoms with E-state index in [9.17, 15) is 9.59 Å². The molecule has 0 radical (unpaired) electrons. The number of nitrogens with one attached hydrogen (secondary N) is 5. The lowest BCUT2D eigenvalue weighted by Gasteiger charge is -2.14. The Morgan fingerprint density at radius 3 is 2.17 bits per heavy atom. The van der Waals surface area contributed by atoms with Crippen LogP contribution in [0, 0.1) is 17.3 Å². The van der Waals surface area contributed by atoms with Crippen molar-refractivity contribution >= 4 is 17.8 Å². The molecule has 2 rings (SSSR count). The first-order valence-electron chi connectivity index (χ1n) is 11.0. The molecule has 0 bridgehead atoms. The topological polar surface area (TPSA) is 204 Å². The van der Waals surface area contributed by atoms with E-state index < -0.39 is 17.9 Å². The van der Waals surface area contributed by atoms with E-state index in [-0.39, 0.29) is 18.7 Å². The molecule has 0 fully saturated rings. The van der Waals surface area contributed by atoms with Gasteiger partial charge in [-0.3, -0.25) is 25.5 Å². The maximum absolute atomic E-state index is 12.3. The van der Waals surface area contributed by atoms with Crippen LogP contribution in [0.3, 0.4) is 0 Å². The predicted octanol–water partition coefficient (Wildman–Crippen LogP) is -0.713. The van der Waals surface area contributed by atoms with Gasteiger partial charge in [-0.1, -0.05) is 24.0 Å². The van der Waals surface area contributed by atoms with E-state index in [1.807, 2.05) is 24.3 Å². The van der Waals surface area contributed by atoms with Crippen LogP contribution < -0.4 is 38.6 Å². The summed E-state index contributed by atoms with van der Waals surface area (Å²) in [7, 11) is 0. The number of hydrogen-bond donors (Lipinski definition) is 9. The number of benzene rings is 2. The number of carbonyl (C=O) groups is 2. The lowest BCUT2D eigenvalue weighted by atomic mass is 10.1. The highest BCUT2D eigenvalue weighted by atomic mass is 16.5. The van der Waals surface area contributed by atoms with Crippen molar-refractivity contribution in [2.24, 2.45) is 17.2 Å². The fourth-order valence-corrected chi connectivity index (χ4v) is 3.00. The van der Waals surface area contributed by atoms with E-state index in [0.29, 0.717) is 18.7 Å². The molecule has 0 aliphatic rings. The highest BCUT2D eigenvalue weighted by molar-refractivity contribution is 5.97. The van der Waals surface area contributed by atoms with Crippen LogP contribution in [0.5, 0.6) is 0 Å². The highest BCUT2D eigenvalue weighted by Crippen LogP contribution is 2.07. The van der Waals surface area contributed by atoms with Crippen molar-refractivity contribution in [3.05, 3.63) is 70.8 Å². The van der Waals surface area contributed by atoms with E-state index in [0.717, 1.165) is 29.5 Å². The number of hydroxylamine groups is 1. The van der Waals surface area contributed by atoms with Gasteiger partial charge in [0.05, 0.1) is 6.17 Å². The normalized spacial score (nSPS) is 12.0. The van der Waals surface area contributed by atoms with Gasteiger partial charge >= 0.3 is 0 Å². The summed E-state index contributed by atoms with van der Waals surface area (Å²) in [6, 6.07) is 13.4. The zero-order valence-corrected chi connectivity index (χ0v) is 19.3. The molecule has 12 N–H and O–H groups in total. The van der Waals surface area contributed by atoms with Gasteiger partial charge in [-0.2, -0.15) is 0 Å². The number of rotatable bonds is 11. The molecule has 186 valence electrons. The van der Waals surface area contributed by atoms with E-state index in [1.165, 1.54) is 5.48 Å². The number of amides is 2. The minimum atomic E-state index is -1.03. The van der Waals surface area contributed by atoms with Crippen LogP contribution in [0.2, 0.25) is 0 Å². The average molecular weight is 481 g/mol. The molecule has 11 nitrogen and oxygen atoms in total. The molecule has 0 saturated heterocycles. The van der Waals surface area contributed by atoms with Crippen LogP contribution in [0.4, 0.5) is 0 Å². The first-order valence-corrected chi connectivity index (χ1v) is 11.0. The summed E-state index contributed by atoms with van der Waals surface area (Å²) in [6.45, 7) is 1.10. The standard InChI is InChI=1S/C24H32N8O3/c25-14-20(23(34)32-35)31-22(33)19-11-9-17(10-12-19)4-3-16-5-7-18(8-6-16)15-30-21(26)2-1-13-29-24(27)28/h5-12,20-21,30,35H,1-2,13-15,25-26H2,(H,31,33)(H,32,34)(H4,27,28,29)/t20-,21+/m0/s1. The second-order valence-electron chi connectivity index (χ2n) is 7.73. The molecule has 2 aromatic rings.